The van der Waals surface area contributed by atoms with E-state index in [1.54, 1.807) is 41.5 Å². The van der Waals surface area contributed by atoms with Crippen LogP contribution in [0.4, 0.5) is 4.79 Å². The topological polar surface area (TPSA) is 193 Å². The first kappa shape index (κ1) is 41.9. The molecule has 3 rings (SSSR count). The molecule has 2 N–H and O–H groups in total. The molecule has 3 aliphatic rings. The van der Waals surface area contributed by atoms with Crippen molar-refractivity contribution in [3.63, 3.8) is 0 Å². The molecule has 0 aliphatic carbocycles. The fourth-order valence-corrected chi connectivity index (χ4v) is 8.37. The lowest BCUT2D eigenvalue weighted by molar-refractivity contribution is -0.301. The molecule has 4 unspecified atom stereocenters. The third kappa shape index (κ3) is 8.74. The zero-order valence-electron chi connectivity index (χ0n) is 31.8. The van der Waals surface area contributed by atoms with Crippen molar-refractivity contribution in [2.45, 2.75) is 148 Å². The minimum Gasteiger partial charge on any atom is -0.458 e. The lowest BCUT2D eigenvalue weighted by Crippen LogP contribution is -2.60. The maximum atomic E-state index is 14.5. The molecule has 1 amide bonds. The van der Waals surface area contributed by atoms with Gasteiger partial charge in [0.25, 0.3) is 0 Å². The van der Waals surface area contributed by atoms with Crippen LogP contribution < -0.4 is 0 Å². The van der Waals surface area contributed by atoms with Gasteiger partial charge in [-0.2, -0.15) is 0 Å². The van der Waals surface area contributed by atoms with E-state index in [1.807, 2.05) is 32.8 Å². The average Bonchev–Trinajstić information content (AvgIpc) is 3.33. The molecule has 0 aromatic rings. The maximum absolute atomic E-state index is 14.5. The predicted molar refractivity (Wildman–Crippen MR) is 184 cm³/mol. The van der Waals surface area contributed by atoms with E-state index >= 15 is 0 Å². The number of carbonyl (C=O) groups is 3. The molecule has 0 aromatic carbocycles. The summed E-state index contributed by atoms with van der Waals surface area (Å²) >= 11 is 0. The zero-order valence-corrected chi connectivity index (χ0v) is 31.8. The number of unbranched alkanes of at least 4 members (excludes halogenated alkanes) is 1. The van der Waals surface area contributed by atoms with E-state index in [4.69, 9.17) is 29.2 Å². The van der Waals surface area contributed by atoms with Crippen LogP contribution in [0.1, 0.15) is 87.5 Å². The van der Waals surface area contributed by atoms with Crippen molar-refractivity contribution in [3.05, 3.63) is 10.4 Å². The second-order valence-electron chi connectivity index (χ2n) is 15.3. The van der Waals surface area contributed by atoms with E-state index in [1.165, 1.54) is 12.0 Å². The molecule has 0 spiro atoms. The first-order valence-corrected chi connectivity index (χ1v) is 18.0. The van der Waals surface area contributed by atoms with E-state index in [0.29, 0.717) is 19.3 Å². The van der Waals surface area contributed by atoms with E-state index in [-0.39, 0.29) is 43.9 Å². The number of hydrogen-bond donors (Lipinski definition) is 2. The Morgan fingerprint density at radius 2 is 1.72 bits per heavy atom. The number of ether oxygens (including phenoxy) is 5. The molecule has 3 fully saturated rings. The Bertz CT molecular complexity index is 1230. The fourth-order valence-electron chi connectivity index (χ4n) is 8.37. The predicted octanol–water partition coefficient (Wildman–Crippen LogP) is 4.07. The number of rotatable bonds is 10. The third-order valence-electron chi connectivity index (χ3n) is 11.3. The van der Waals surface area contributed by atoms with Crippen molar-refractivity contribution in [3.8, 4) is 0 Å². The highest BCUT2D eigenvalue weighted by Gasteiger charge is 2.60. The molecule has 0 aromatic heterocycles. The normalized spacial score (nSPS) is 42.0. The number of carbonyl (C=O) groups excluding carboxylic acids is 3. The molecule has 0 radical (unpaired) electrons. The third-order valence-corrected chi connectivity index (χ3v) is 11.3. The number of amides is 1. The molecular weight excluding hydrogens is 650 g/mol. The minimum absolute atomic E-state index is 0.157. The molecule has 3 aliphatic heterocycles. The van der Waals surface area contributed by atoms with Gasteiger partial charge in [-0.15, -0.1) is 0 Å². The molecule has 0 saturated carbocycles. The van der Waals surface area contributed by atoms with Crippen LogP contribution in [-0.2, 0) is 33.3 Å². The number of Topliss-reactive ketones (excluding diaryl/α,β-unsaturated/α-hetero) is 1. The number of aliphatic hydroxyl groups is 2. The summed E-state index contributed by atoms with van der Waals surface area (Å²) < 4.78 is 31.0. The first-order chi connectivity index (χ1) is 23.4. The van der Waals surface area contributed by atoms with Crippen molar-refractivity contribution in [2.75, 3.05) is 34.3 Å². The van der Waals surface area contributed by atoms with Crippen LogP contribution in [0.5, 0.6) is 0 Å². The maximum Gasteiger partial charge on any atom is 0.410 e. The van der Waals surface area contributed by atoms with Crippen LogP contribution in [0, 0.1) is 23.7 Å². The van der Waals surface area contributed by atoms with Gasteiger partial charge >= 0.3 is 12.1 Å². The average molecular weight is 712 g/mol. The van der Waals surface area contributed by atoms with E-state index in [2.05, 4.69) is 10.0 Å². The number of azide groups is 1. The number of hydrogen-bond acceptors (Lipinski definition) is 12. The van der Waals surface area contributed by atoms with Gasteiger partial charge in [0, 0.05) is 48.9 Å². The summed E-state index contributed by atoms with van der Waals surface area (Å²) in [5.41, 5.74) is 6.07. The molecule has 3 saturated heterocycles. The van der Waals surface area contributed by atoms with Gasteiger partial charge in [-0.3, -0.25) is 9.59 Å². The molecule has 50 heavy (non-hydrogen) atoms. The Kier molecular flexibility index (Phi) is 14.5. The van der Waals surface area contributed by atoms with Crippen molar-refractivity contribution < 1.29 is 48.3 Å². The molecule has 15 nitrogen and oxygen atoms in total. The highest BCUT2D eigenvalue weighted by molar-refractivity contribution is 5.85. The van der Waals surface area contributed by atoms with Crippen LogP contribution >= 0.6 is 0 Å². The lowest BCUT2D eigenvalue weighted by atomic mass is 9.73. The summed E-state index contributed by atoms with van der Waals surface area (Å²) in [5.74, 6) is -4.02. The summed E-state index contributed by atoms with van der Waals surface area (Å²) in [6.45, 7) is 14.6. The van der Waals surface area contributed by atoms with Gasteiger partial charge in [-0.05, 0) is 79.4 Å². The molecule has 286 valence electrons. The van der Waals surface area contributed by atoms with E-state index in [9.17, 15) is 24.6 Å². The van der Waals surface area contributed by atoms with Gasteiger partial charge < -0.3 is 43.7 Å². The van der Waals surface area contributed by atoms with Gasteiger partial charge in [-0.1, -0.05) is 32.8 Å². The molecule has 14 atom stereocenters. The van der Waals surface area contributed by atoms with Crippen molar-refractivity contribution in [1.82, 2.24) is 9.80 Å². The van der Waals surface area contributed by atoms with Gasteiger partial charge in [0.05, 0.1) is 35.9 Å². The van der Waals surface area contributed by atoms with Gasteiger partial charge in [0.2, 0.25) is 0 Å². The van der Waals surface area contributed by atoms with Crippen molar-refractivity contribution in [2.24, 2.45) is 28.8 Å². The second-order valence-corrected chi connectivity index (χ2v) is 15.3. The zero-order chi connectivity index (χ0) is 37.7. The quantitative estimate of drug-likeness (QED) is 0.109. The highest BCUT2D eigenvalue weighted by atomic mass is 16.7. The SMILES string of the molecule is CC[C@H]1OC(=O)[C@H](C)[C@H](O)[C@H](C)[C@@H](OC2OC(C)CC(N(C)C)C2O)[C@@](C)(OC)C[C@@H](C)C(=O)[C@H](C)[C@H]2N(CCCCN=[N+]=[N-])C(=O)O[C@]12C. The highest BCUT2D eigenvalue weighted by Crippen LogP contribution is 2.43. The number of cyclic esters (lactones) is 1. The summed E-state index contributed by atoms with van der Waals surface area (Å²) in [4.78, 5) is 48.0. The Labute approximate surface area is 296 Å². The Hall–Kier alpha value is -2.52. The Morgan fingerprint density at radius 3 is 2.30 bits per heavy atom. The first-order valence-electron chi connectivity index (χ1n) is 18.0. The minimum atomic E-state index is -1.38. The fraction of sp³-hybridized carbons (Fsp3) is 0.914. The van der Waals surface area contributed by atoms with E-state index in [0.717, 1.165) is 0 Å². The summed E-state index contributed by atoms with van der Waals surface area (Å²) in [6, 6.07) is -1.05. The number of likely N-dealkylation sites (N-methyl/N-ethyl adjacent to an activating group) is 1. The summed E-state index contributed by atoms with van der Waals surface area (Å²) in [5, 5.41) is 26.7. The Balaban J connectivity index is 2.10. The van der Waals surface area contributed by atoms with Gasteiger partial charge in [-0.25, -0.2) is 4.79 Å². The van der Waals surface area contributed by atoms with Crippen LogP contribution in [0.25, 0.3) is 10.4 Å². The molecule has 0 bridgehead atoms. The lowest BCUT2D eigenvalue weighted by Gasteiger charge is -2.48. The number of esters is 1. The monoisotopic (exact) mass is 711 g/mol. The number of methoxy groups -OCH3 is 1. The summed E-state index contributed by atoms with van der Waals surface area (Å²) in [6.07, 6.45) is -4.10. The Morgan fingerprint density at radius 1 is 1.06 bits per heavy atom. The van der Waals surface area contributed by atoms with Crippen LogP contribution in [0.2, 0.25) is 0 Å². The molecule has 15 heteroatoms. The number of aliphatic hydroxyl groups excluding tert-OH is 2. The van der Waals surface area contributed by atoms with E-state index < -0.39 is 83.7 Å². The van der Waals surface area contributed by atoms with Gasteiger partial charge in [0.15, 0.2) is 11.9 Å². The standard InChI is InChI=1S/C35H61N5O10/c1-12-25-35(8)29(40(33(45)50-35)16-14-13-15-37-38-36)21(4)26(41)19(2)18-34(7,46-11)30(22(5)27(42)23(6)31(44)48-25)49-32-28(43)24(39(9)10)17-20(3)47-32/h19-25,27-30,32,42-43H,12-18H2,1-11H3/t19-,20?,21+,22+,23-,24?,25-,27-,28?,29-,30-,32?,34+,35-/m1/s1. The number of nitrogens with zero attached hydrogens (tertiary/aromatic N) is 5. The van der Waals surface area contributed by atoms with Crippen molar-refractivity contribution >= 4 is 17.8 Å². The van der Waals surface area contributed by atoms with Gasteiger partial charge in [0.1, 0.15) is 18.0 Å². The smallest absolute Gasteiger partial charge is 0.410 e. The van der Waals surface area contributed by atoms with Crippen LogP contribution in [0.15, 0.2) is 5.11 Å². The van der Waals surface area contributed by atoms with Crippen LogP contribution in [-0.4, -0.2) is 132 Å². The number of fused-ring (bicyclic) bond motifs is 1. The largest absolute Gasteiger partial charge is 0.458 e. The molecular formula is C35H61N5O10. The number of ketones is 1. The summed E-state index contributed by atoms with van der Waals surface area (Å²) in [7, 11) is 5.25. The second kappa shape index (κ2) is 17.3. The van der Waals surface area contributed by atoms with Crippen molar-refractivity contribution in [1.29, 1.82) is 0 Å². The van der Waals surface area contributed by atoms with Crippen LogP contribution in [0.3, 0.4) is 0 Å². The molecule has 3 heterocycles.